The van der Waals surface area contributed by atoms with Crippen molar-refractivity contribution >= 4 is 29.0 Å². The van der Waals surface area contributed by atoms with E-state index < -0.39 is 43.2 Å². The Hall–Kier alpha value is -2.84. The number of ether oxygens (including phenoxy) is 4. The van der Waals surface area contributed by atoms with E-state index in [4.69, 9.17) is 30.5 Å². The first-order chi connectivity index (χ1) is 17.9. The predicted octanol–water partition coefficient (Wildman–Crippen LogP) is 1.63. The Bertz CT molecular complexity index is 1200. The average molecular weight is 552 g/mol. The van der Waals surface area contributed by atoms with Gasteiger partial charge in [0.05, 0.1) is 24.3 Å². The third kappa shape index (κ3) is 6.02. The molecular weight excluding hydrogens is 526 g/mol. The Balaban J connectivity index is 1.46. The monoisotopic (exact) mass is 551 g/mol. The fourth-order valence-electron chi connectivity index (χ4n) is 3.88. The zero-order valence-electron chi connectivity index (χ0n) is 19.9. The summed E-state index contributed by atoms with van der Waals surface area (Å²) in [5.74, 6) is -0.168. The number of aromatic nitrogens is 2. The Kier molecular flexibility index (Phi) is 8.92. The van der Waals surface area contributed by atoms with Crippen molar-refractivity contribution in [2.75, 3.05) is 20.8 Å². The van der Waals surface area contributed by atoms with Crippen molar-refractivity contribution in [3.63, 3.8) is 0 Å². The Morgan fingerprint density at radius 3 is 2.54 bits per heavy atom. The second-order valence-electron chi connectivity index (χ2n) is 8.20. The van der Waals surface area contributed by atoms with Crippen LogP contribution in [-0.4, -0.2) is 82.3 Å². The largest absolute Gasteiger partial charge is 0.496 e. The van der Waals surface area contributed by atoms with Gasteiger partial charge in [-0.05, 0) is 23.2 Å². The van der Waals surface area contributed by atoms with Crippen LogP contribution in [0.3, 0.4) is 0 Å². The second kappa shape index (κ2) is 12.1. The van der Waals surface area contributed by atoms with Gasteiger partial charge in [-0.25, -0.2) is 0 Å². The number of hydrogen-bond donors (Lipinski definition) is 4. The molecule has 2 aromatic carbocycles. The maximum absolute atomic E-state index is 13.1. The molecule has 0 spiro atoms. The first-order valence-corrected chi connectivity index (χ1v) is 12.4. The van der Waals surface area contributed by atoms with E-state index in [-0.39, 0.29) is 22.9 Å². The summed E-state index contributed by atoms with van der Waals surface area (Å²) in [6.45, 7) is -0.313. The Morgan fingerprint density at radius 1 is 1.16 bits per heavy atom. The van der Waals surface area contributed by atoms with Gasteiger partial charge in [0.15, 0.2) is 6.29 Å². The highest BCUT2D eigenvalue weighted by Gasteiger charge is 2.45. The van der Waals surface area contributed by atoms with Crippen molar-refractivity contribution in [3.8, 4) is 22.8 Å². The molecule has 1 aromatic heterocycles. The van der Waals surface area contributed by atoms with Crippen molar-refractivity contribution in [2.45, 2.75) is 37.3 Å². The molecule has 11 nitrogen and oxygen atoms in total. The maximum atomic E-state index is 13.1. The molecule has 0 bridgehead atoms. The molecule has 2 heterocycles. The lowest BCUT2D eigenvalue weighted by Gasteiger charge is -2.41. The number of rotatable bonds is 9. The van der Waals surface area contributed by atoms with Crippen LogP contribution in [0.1, 0.15) is 15.9 Å². The molecule has 198 valence electrons. The van der Waals surface area contributed by atoms with E-state index in [2.05, 4.69) is 14.9 Å². The number of halogens is 1. The van der Waals surface area contributed by atoms with Crippen molar-refractivity contribution in [1.29, 1.82) is 0 Å². The summed E-state index contributed by atoms with van der Waals surface area (Å²) < 4.78 is 25.7. The van der Waals surface area contributed by atoms with Crippen molar-refractivity contribution < 1.29 is 39.1 Å². The number of aliphatic hydroxyl groups is 3. The summed E-state index contributed by atoms with van der Waals surface area (Å²) in [5.41, 5.74) is 2.70. The third-order valence-corrected chi connectivity index (χ3v) is 6.71. The van der Waals surface area contributed by atoms with Gasteiger partial charge in [0.25, 0.3) is 5.91 Å². The number of nitrogens with one attached hydrogen (secondary N) is 1. The Labute approximate surface area is 221 Å². The summed E-state index contributed by atoms with van der Waals surface area (Å²) >= 11 is 7.69. The Morgan fingerprint density at radius 2 is 1.92 bits per heavy atom. The van der Waals surface area contributed by atoms with Crippen LogP contribution >= 0.6 is 23.1 Å². The lowest BCUT2D eigenvalue weighted by molar-refractivity contribution is -0.261. The highest BCUT2D eigenvalue weighted by atomic mass is 35.5. The summed E-state index contributed by atoms with van der Waals surface area (Å²) in [5, 5.41) is 38.7. The van der Waals surface area contributed by atoms with E-state index in [1.807, 2.05) is 29.6 Å². The number of methoxy groups -OCH3 is 2. The molecule has 5 atom stereocenters. The van der Waals surface area contributed by atoms with Gasteiger partial charge >= 0.3 is 0 Å². The molecule has 1 amide bonds. The van der Waals surface area contributed by atoms with E-state index in [0.717, 1.165) is 16.8 Å². The molecule has 0 radical (unpaired) electrons. The second-order valence-corrected chi connectivity index (χ2v) is 9.22. The quantitative estimate of drug-likeness (QED) is 0.308. The molecule has 1 saturated heterocycles. The van der Waals surface area contributed by atoms with Gasteiger partial charge in [0.1, 0.15) is 48.2 Å². The zero-order valence-corrected chi connectivity index (χ0v) is 21.5. The number of hydrogen-bond acceptors (Lipinski definition) is 11. The zero-order chi connectivity index (χ0) is 26.5. The molecule has 4 rings (SSSR count). The smallest absolute Gasteiger partial charge is 0.255 e. The van der Waals surface area contributed by atoms with Crippen LogP contribution in [0.5, 0.6) is 11.5 Å². The van der Waals surface area contributed by atoms with E-state index in [9.17, 15) is 20.1 Å². The van der Waals surface area contributed by atoms with Crippen LogP contribution in [0.2, 0.25) is 5.02 Å². The highest BCUT2D eigenvalue weighted by molar-refractivity contribution is 7.03. The van der Waals surface area contributed by atoms with Gasteiger partial charge in [0.2, 0.25) is 0 Å². The normalized spacial score (nSPS) is 23.5. The number of amides is 1. The molecule has 4 N–H and O–H groups in total. The van der Waals surface area contributed by atoms with Crippen molar-refractivity contribution in [3.05, 3.63) is 57.9 Å². The van der Waals surface area contributed by atoms with Gasteiger partial charge < -0.3 is 39.6 Å². The number of benzene rings is 2. The number of aliphatic hydroxyl groups excluding tert-OH is 3. The molecular formula is C24H26ClN3O8S. The molecule has 0 saturated carbocycles. The van der Waals surface area contributed by atoms with Crippen LogP contribution < -0.4 is 14.8 Å². The van der Waals surface area contributed by atoms with Crippen LogP contribution in [0.4, 0.5) is 0 Å². The van der Waals surface area contributed by atoms with Crippen molar-refractivity contribution in [2.24, 2.45) is 0 Å². The highest BCUT2D eigenvalue weighted by Crippen LogP contribution is 2.34. The van der Waals surface area contributed by atoms with E-state index in [0.29, 0.717) is 5.75 Å². The third-order valence-electron chi connectivity index (χ3n) is 5.91. The SMILES string of the molecule is COc1cc(OCc2ccc(-c3csnn3)cc2)c(Cl)cc1C(=O)N[C@H]1[C@@H](OC)O[C@H](CO)[C@@H](O)[C@@H]1O. The van der Waals surface area contributed by atoms with Gasteiger partial charge in [-0.3, -0.25) is 4.79 Å². The molecule has 37 heavy (non-hydrogen) atoms. The van der Waals surface area contributed by atoms with Crippen LogP contribution in [0, 0.1) is 0 Å². The number of carbonyl (C=O) groups is 1. The first-order valence-electron chi connectivity index (χ1n) is 11.2. The maximum Gasteiger partial charge on any atom is 0.255 e. The van der Waals surface area contributed by atoms with Gasteiger partial charge in [-0.2, -0.15) is 0 Å². The molecule has 13 heteroatoms. The molecule has 0 aliphatic carbocycles. The van der Waals surface area contributed by atoms with E-state index >= 15 is 0 Å². The van der Waals surface area contributed by atoms with Crippen LogP contribution in [0.25, 0.3) is 11.3 Å². The topological polar surface area (TPSA) is 152 Å². The van der Waals surface area contributed by atoms with E-state index in [1.54, 1.807) is 0 Å². The molecule has 1 fully saturated rings. The minimum absolute atomic E-state index is 0.0712. The molecule has 3 aromatic rings. The van der Waals surface area contributed by atoms with Gasteiger partial charge in [0, 0.05) is 24.1 Å². The molecule has 0 unspecified atom stereocenters. The van der Waals surface area contributed by atoms with Crippen LogP contribution in [0.15, 0.2) is 41.8 Å². The van der Waals surface area contributed by atoms with Crippen LogP contribution in [-0.2, 0) is 16.1 Å². The fraction of sp³-hybridized carbons (Fsp3) is 0.375. The summed E-state index contributed by atoms with van der Waals surface area (Å²) in [6, 6.07) is 9.39. The van der Waals surface area contributed by atoms with Gasteiger partial charge in [-0.15, -0.1) is 5.10 Å². The lowest BCUT2D eigenvalue weighted by atomic mass is 9.96. The average Bonchev–Trinajstić information content (AvgIpc) is 3.46. The fourth-order valence-corrected chi connectivity index (χ4v) is 4.56. The van der Waals surface area contributed by atoms with Gasteiger partial charge in [-0.1, -0.05) is 40.4 Å². The minimum atomic E-state index is -1.46. The van der Waals surface area contributed by atoms with E-state index in [1.165, 1.54) is 37.9 Å². The number of carbonyl (C=O) groups excluding carboxylic acids is 1. The predicted molar refractivity (Wildman–Crippen MR) is 134 cm³/mol. The molecule has 1 aliphatic rings. The standard InChI is InChI=1S/C24H26ClN3O8S/c1-33-17-8-18(35-10-12-3-5-13(6-4-12)16-11-37-28-27-16)15(25)7-14(17)23(32)26-20-22(31)21(30)19(9-29)36-24(20)34-2/h3-8,11,19-22,24,29-31H,9-10H2,1-2H3,(H,26,32)/t19-,20-,21-,22-,24+/m1/s1. The summed E-state index contributed by atoms with van der Waals surface area (Å²) in [4.78, 5) is 13.1. The summed E-state index contributed by atoms with van der Waals surface area (Å²) in [6.07, 6.45) is -5.06. The molecule has 1 aliphatic heterocycles. The first kappa shape index (κ1) is 27.2. The number of nitrogens with zero attached hydrogens (tertiary/aromatic N) is 2. The minimum Gasteiger partial charge on any atom is -0.496 e. The lowest BCUT2D eigenvalue weighted by Crippen LogP contribution is -2.64. The van der Waals surface area contributed by atoms with Crippen molar-refractivity contribution in [1.82, 2.24) is 14.9 Å². The summed E-state index contributed by atoms with van der Waals surface area (Å²) in [7, 11) is 2.71.